The number of nitrogens with one attached hydrogen (secondary N) is 1. The number of aromatic nitrogens is 1. The summed E-state index contributed by atoms with van der Waals surface area (Å²) in [5, 5.41) is 3.64. The van der Waals surface area contributed by atoms with Crippen LogP contribution in [-0.4, -0.2) is 11.5 Å². The Hall–Kier alpha value is -0.850. The minimum absolute atomic E-state index is 0.0977. The van der Waals surface area contributed by atoms with E-state index < -0.39 is 5.82 Å². The average molecular weight is 423 g/mol. The maximum absolute atomic E-state index is 13.4. The summed E-state index contributed by atoms with van der Waals surface area (Å²) >= 11 is 13.7. The van der Waals surface area contributed by atoms with E-state index >= 15 is 0 Å². The zero-order valence-corrected chi connectivity index (χ0v) is 13.9. The van der Waals surface area contributed by atoms with Crippen LogP contribution in [-0.2, 0) is 0 Å². The second-order valence-electron chi connectivity index (χ2n) is 4.05. The highest BCUT2D eigenvalue weighted by Crippen LogP contribution is 2.22. The highest BCUT2D eigenvalue weighted by atomic mass is 127. The van der Waals surface area contributed by atoms with E-state index in [4.69, 9.17) is 23.2 Å². The molecule has 6 heteroatoms. The van der Waals surface area contributed by atoms with Crippen LogP contribution in [0.25, 0.3) is 5.57 Å². The third-order valence-corrected chi connectivity index (χ3v) is 4.00. The van der Waals surface area contributed by atoms with Crippen molar-refractivity contribution in [1.82, 2.24) is 4.98 Å². The third-order valence-electron chi connectivity index (χ3n) is 2.61. The molecule has 0 radical (unpaired) electrons. The van der Waals surface area contributed by atoms with Crippen LogP contribution in [0.5, 0.6) is 0 Å². The second kappa shape index (κ2) is 6.74. The zero-order valence-electron chi connectivity index (χ0n) is 10.3. The van der Waals surface area contributed by atoms with Crippen molar-refractivity contribution in [3.63, 3.8) is 0 Å². The number of hydrogen-bond donors (Lipinski definition) is 1. The first-order valence-corrected chi connectivity index (χ1v) is 7.50. The second-order valence-corrected chi connectivity index (χ2v) is 6.01. The number of benzene rings is 1. The summed E-state index contributed by atoms with van der Waals surface area (Å²) in [6.07, 6.45) is 0. The first-order valence-electron chi connectivity index (χ1n) is 5.66. The fraction of sp³-hybridized carbons (Fsp3) is 0.0714. The standard InChI is InChI=1S/C14H10Cl2FIN2/c1-8(9-2-3-10(15)11(17)6-9)7-19-14-12(18)4-5-13(16)20-14/h2-6H,1,7H2,(H,19,20). The van der Waals surface area contributed by atoms with Gasteiger partial charge in [-0.3, -0.25) is 0 Å². The molecule has 0 bridgehead atoms. The molecule has 104 valence electrons. The molecule has 0 unspecified atom stereocenters. The van der Waals surface area contributed by atoms with Gasteiger partial charge >= 0.3 is 0 Å². The lowest BCUT2D eigenvalue weighted by Crippen LogP contribution is -2.06. The molecule has 1 N–H and O–H groups in total. The summed E-state index contributed by atoms with van der Waals surface area (Å²) in [5.41, 5.74) is 1.43. The van der Waals surface area contributed by atoms with E-state index in [1.54, 1.807) is 12.1 Å². The predicted molar refractivity (Wildman–Crippen MR) is 90.9 cm³/mol. The molecule has 0 amide bonds. The Morgan fingerprint density at radius 3 is 2.75 bits per heavy atom. The summed E-state index contributed by atoms with van der Waals surface area (Å²) < 4.78 is 14.3. The molecule has 1 aromatic heterocycles. The number of anilines is 1. The first kappa shape index (κ1) is 15.5. The van der Waals surface area contributed by atoms with Gasteiger partial charge in [0.25, 0.3) is 0 Å². The normalized spacial score (nSPS) is 10.4. The number of pyridine rings is 1. The Morgan fingerprint density at radius 1 is 1.30 bits per heavy atom. The molecular weight excluding hydrogens is 413 g/mol. The molecule has 0 saturated carbocycles. The van der Waals surface area contributed by atoms with E-state index in [0.29, 0.717) is 23.1 Å². The van der Waals surface area contributed by atoms with E-state index in [2.05, 4.69) is 39.5 Å². The van der Waals surface area contributed by atoms with Crippen LogP contribution in [0.3, 0.4) is 0 Å². The quantitative estimate of drug-likeness (QED) is 0.537. The van der Waals surface area contributed by atoms with Crippen LogP contribution >= 0.6 is 45.8 Å². The van der Waals surface area contributed by atoms with Gasteiger partial charge in [0.05, 0.1) is 8.59 Å². The van der Waals surface area contributed by atoms with Crippen molar-refractivity contribution < 1.29 is 4.39 Å². The molecule has 0 fully saturated rings. The van der Waals surface area contributed by atoms with Gasteiger partial charge < -0.3 is 5.32 Å². The zero-order chi connectivity index (χ0) is 14.7. The first-order chi connectivity index (χ1) is 9.47. The Balaban J connectivity index is 2.08. The third kappa shape index (κ3) is 3.84. The molecule has 0 aliphatic rings. The van der Waals surface area contributed by atoms with Crippen LogP contribution < -0.4 is 5.32 Å². The van der Waals surface area contributed by atoms with Gasteiger partial charge in [-0.2, -0.15) is 0 Å². The molecule has 20 heavy (non-hydrogen) atoms. The van der Waals surface area contributed by atoms with Crippen molar-refractivity contribution in [2.45, 2.75) is 0 Å². The molecule has 0 atom stereocenters. The van der Waals surface area contributed by atoms with Gasteiger partial charge in [0.1, 0.15) is 16.8 Å². The minimum atomic E-state index is -0.458. The van der Waals surface area contributed by atoms with Gasteiger partial charge in [-0.05, 0) is 58.0 Å². The molecule has 0 aliphatic heterocycles. The summed E-state index contributed by atoms with van der Waals surface area (Å²) in [4.78, 5) is 4.18. The van der Waals surface area contributed by atoms with E-state index in [-0.39, 0.29) is 5.02 Å². The molecule has 1 aromatic carbocycles. The lowest BCUT2D eigenvalue weighted by molar-refractivity contribution is 0.628. The molecule has 2 rings (SSSR count). The van der Waals surface area contributed by atoms with Crippen molar-refractivity contribution in [3.05, 3.63) is 62.0 Å². The van der Waals surface area contributed by atoms with Crippen molar-refractivity contribution in [2.75, 3.05) is 11.9 Å². The maximum atomic E-state index is 13.4. The van der Waals surface area contributed by atoms with E-state index in [9.17, 15) is 4.39 Å². The van der Waals surface area contributed by atoms with Crippen molar-refractivity contribution in [2.24, 2.45) is 0 Å². The molecule has 2 nitrogen and oxygen atoms in total. The highest BCUT2D eigenvalue weighted by molar-refractivity contribution is 14.1. The fourth-order valence-corrected chi connectivity index (χ4v) is 2.31. The number of hydrogen-bond acceptors (Lipinski definition) is 2. The number of rotatable bonds is 4. The predicted octanol–water partition coefficient (Wildman–Crippen LogP) is 5.26. The molecule has 0 spiro atoms. The minimum Gasteiger partial charge on any atom is -0.365 e. The fourth-order valence-electron chi connectivity index (χ4n) is 1.55. The Labute approximate surface area is 140 Å². The van der Waals surface area contributed by atoms with Gasteiger partial charge in [-0.1, -0.05) is 35.8 Å². The monoisotopic (exact) mass is 422 g/mol. The van der Waals surface area contributed by atoms with Crippen LogP contribution in [0.1, 0.15) is 5.56 Å². The van der Waals surface area contributed by atoms with Crippen LogP contribution in [0, 0.1) is 9.39 Å². The molecule has 2 aromatic rings. The van der Waals surface area contributed by atoms with Gasteiger partial charge in [0, 0.05) is 6.54 Å². The van der Waals surface area contributed by atoms with Crippen LogP contribution in [0.2, 0.25) is 10.2 Å². The van der Waals surface area contributed by atoms with E-state index in [1.165, 1.54) is 12.1 Å². The van der Waals surface area contributed by atoms with Crippen molar-refractivity contribution in [3.8, 4) is 0 Å². The highest BCUT2D eigenvalue weighted by Gasteiger charge is 2.06. The number of halogens is 4. The topological polar surface area (TPSA) is 24.9 Å². The van der Waals surface area contributed by atoms with Gasteiger partial charge in [-0.15, -0.1) is 0 Å². The van der Waals surface area contributed by atoms with Gasteiger partial charge in [0.15, 0.2) is 0 Å². The van der Waals surface area contributed by atoms with Gasteiger partial charge in [0.2, 0.25) is 0 Å². The average Bonchev–Trinajstić information content (AvgIpc) is 2.42. The Morgan fingerprint density at radius 2 is 2.05 bits per heavy atom. The van der Waals surface area contributed by atoms with Gasteiger partial charge in [-0.25, -0.2) is 9.37 Å². The smallest absolute Gasteiger partial charge is 0.142 e. The number of nitrogens with zero attached hydrogens (tertiary/aromatic N) is 1. The van der Waals surface area contributed by atoms with Crippen LogP contribution in [0.4, 0.5) is 10.2 Å². The van der Waals surface area contributed by atoms with Crippen molar-refractivity contribution >= 4 is 57.2 Å². The largest absolute Gasteiger partial charge is 0.365 e. The Kier molecular flexibility index (Phi) is 5.23. The summed E-state index contributed by atoms with van der Waals surface area (Å²) in [5.74, 6) is 0.217. The lowest BCUT2D eigenvalue weighted by Gasteiger charge is -2.10. The molecule has 0 aliphatic carbocycles. The van der Waals surface area contributed by atoms with E-state index in [0.717, 1.165) is 9.14 Å². The molecule has 0 saturated heterocycles. The molecule has 1 heterocycles. The summed E-state index contributed by atoms with van der Waals surface area (Å²) in [6, 6.07) is 8.19. The molecular formula is C14H10Cl2FIN2. The lowest BCUT2D eigenvalue weighted by atomic mass is 10.1. The Bertz CT molecular complexity index is 662. The van der Waals surface area contributed by atoms with Crippen molar-refractivity contribution in [1.29, 1.82) is 0 Å². The van der Waals surface area contributed by atoms with Crippen LogP contribution in [0.15, 0.2) is 36.9 Å². The SMILES string of the molecule is C=C(CNc1nc(Cl)ccc1I)c1ccc(Cl)c(F)c1. The maximum Gasteiger partial charge on any atom is 0.142 e. The summed E-state index contributed by atoms with van der Waals surface area (Å²) in [6.45, 7) is 4.36. The van der Waals surface area contributed by atoms with E-state index in [1.807, 2.05) is 6.07 Å². The summed E-state index contributed by atoms with van der Waals surface area (Å²) in [7, 11) is 0.